The molecule has 2 atom stereocenters. The molecule has 12 nitrogen and oxygen atoms in total. The summed E-state index contributed by atoms with van der Waals surface area (Å²) >= 11 is 2.60. The van der Waals surface area contributed by atoms with Gasteiger partial charge in [-0.3, -0.25) is 9.59 Å². The highest BCUT2D eigenvalue weighted by atomic mass is 32.2. The Balaban J connectivity index is 1.13. The number of anilines is 2. The Morgan fingerprint density at radius 1 is 0.760 bits per heavy atom. The highest BCUT2D eigenvalue weighted by Crippen LogP contribution is 2.42. The van der Waals surface area contributed by atoms with Gasteiger partial charge in [0.1, 0.15) is 0 Å². The van der Waals surface area contributed by atoms with E-state index >= 15 is 0 Å². The first-order valence-corrected chi connectivity index (χ1v) is 21.2. The molecule has 4 aromatic rings. The van der Waals surface area contributed by atoms with Crippen LogP contribution in [0.25, 0.3) is 22.5 Å². The molecule has 0 radical (unpaired) electrons. The number of nitrogens with zero attached hydrogens (tertiary/aromatic N) is 4. The Kier molecular flexibility index (Phi) is 11.9. The van der Waals surface area contributed by atoms with Gasteiger partial charge in [-0.05, 0) is 43.0 Å². The highest BCUT2D eigenvalue weighted by molar-refractivity contribution is 7.89. The van der Waals surface area contributed by atoms with Gasteiger partial charge in [-0.1, -0.05) is 58.9 Å². The molecule has 2 unspecified atom stereocenters. The summed E-state index contributed by atoms with van der Waals surface area (Å²) < 4.78 is 55.4. The summed E-state index contributed by atoms with van der Waals surface area (Å²) in [4.78, 5) is 34.4. The Bertz CT molecular complexity index is 2020. The molecule has 2 aromatic carbocycles. The van der Waals surface area contributed by atoms with Gasteiger partial charge in [0.2, 0.25) is 31.9 Å². The normalized spacial score (nSPS) is 16.2. The molecule has 2 N–H and O–H groups in total. The molecule has 1 aliphatic rings. The van der Waals surface area contributed by atoms with Crippen molar-refractivity contribution in [3.05, 3.63) is 59.3 Å². The molecule has 1 fully saturated rings. The second-order valence-corrected chi connectivity index (χ2v) is 17.8. The molecule has 2 aromatic heterocycles. The third kappa shape index (κ3) is 8.49. The van der Waals surface area contributed by atoms with E-state index in [0.29, 0.717) is 60.7 Å². The van der Waals surface area contributed by atoms with Crippen molar-refractivity contribution in [3.63, 3.8) is 0 Å². The zero-order valence-corrected chi connectivity index (χ0v) is 31.9. The number of nitrogens with one attached hydrogen (secondary N) is 2. The zero-order chi connectivity index (χ0) is 36.2. The van der Waals surface area contributed by atoms with Crippen LogP contribution < -0.4 is 10.6 Å². The quantitative estimate of drug-likeness (QED) is 0.136. The summed E-state index contributed by atoms with van der Waals surface area (Å²) in [6.07, 6.45) is 1.23. The molecule has 1 aliphatic carbocycles. The lowest BCUT2D eigenvalue weighted by molar-refractivity contribution is -0.119. The number of thiazole rings is 2. The van der Waals surface area contributed by atoms with Crippen molar-refractivity contribution < 1.29 is 26.4 Å². The third-order valence-electron chi connectivity index (χ3n) is 8.64. The second-order valence-electron chi connectivity index (χ2n) is 12.2. The van der Waals surface area contributed by atoms with Gasteiger partial charge in [-0.15, -0.1) is 22.7 Å². The number of aromatic nitrogens is 2. The minimum Gasteiger partial charge on any atom is -0.302 e. The van der Waals surface area contributed by atoms with Crippen LogP contribution in [-0.4, -0.2) is 73.4 Å². The van der Waals surface area contributed by atoms with Crippen LogP contribution in [0.15, 0.2) is 69.1 Å². The SMILES string of the molecule is CCN(CC)S(=O)(=O)c1ccc(-c2csc(NC(=O)C3CC3CCN(CC)S(=O)(=O)c3ccc(-c4csc(NC(=O)C(C)C)n4)cc3)n2)cc1. The Morgan fingerprint density at radius 3 is 1.68 bits per heavy atom. The molecule has 0 bridgehead atoms. The van der Waals surface area contributed by atoms with Crippen molar-refractivity contribution in [2.24, 2.45) is 17.8 Å². The van der Waals surface area contributed by atoms with E-state index in [-0.39, 0.29) is 39.4 Å². The van der Waals surface area contributed by atoms with Gasteiger partial charge in [0, 0.05) is 59.9 Å². The van der Waals surface area contributed by atoms with Crippen molar-refractivity contribution in [1.29, 1.82) is 0 Å². The predicted molar refractivity (Wildman–Crippen MR) is 198 cm³/mol. The van der Waals surface area contributed by atoms with Gasteiger partial charge >= 0.3 is 0 Å². The van der Waals surface area contributed by atoms with Gasteiger partial charge in [0.05, 0.1) is 21.2 Å². The van der Waals surface area contributed by atoms with E-state index in [9.17, 15) is 26.4 Å². The molecule has 16 heteroatoms. The van der Waals surface area contributed by atoms with E-state index in [0.717, 1.165) is 11.1 Å². The van der Waals surface area contributed by atoms with E-state index in [4.69, 9.17) is 0 Å². The molecule has 5 rings (SSSR count). The van der Waals surface area contributed by atoms with Crippen LogP contribution in [0.4, 0.5) is 10.3 Å². The maximum Gasteiger partial charge on any atom is 0.243 e. The number of sulfonamides is 2. The van der Waals surface area contributed by atoms with E-state index < -0.39 is 20.0 Å². The average molecular weight is 759 g/mol. The van der Waals surface area contributed by atoms with Crippen LogP contribution in [0.1, 0.15) is 47.5 Å². The zero-order valence-electron chi connectivity index (χ0n) is 28.6. The molecule has 2 heterocycles. The summed E-state index contributed by atoms with van der Waals surface area (Å²) in [6, 6.07) is 13.1. The Hall–Kier alpha value is -3.54. The fourth-order valence-corrected chi connectivity index (χ4v) is 9.85. The molecule has 1 saturated carbocycles. The number of amides is 2. The molecular weight excluding hydrogens is 717 g/mol. The summed E-state index contributed by atoms with van der Waals surface area (Å²) in [6.45, 7) is 10.4. The predicted octanol–water partition coefficient (Wildman–Crippen LogP) is 6.23. The number of carbonyl (C=O) groups is 2. The van der Waals surface area contributed by atoms with Gasteiger partial charge in [0.15, 0.2) is 10.3 Å². The molecule has 0 aliphatic heterocycles. The topological polar surface area (TPSA) is 159 Å². The summed E-state index contributed by atoms with van der Waals surface area (Å²) in [5, 5.41) is 10.2. The lowest BCUT2D eigenvalue weighted by Crippen LogP contribution is -2.32. The van der Waals surface area contributed by atoms with E-state index in [1.54, 1.807) is 83.1 Å². The molecule has 50 heavy (non-hydrogen) atoms. The van der Waals surface area contributed by atoms with E-state index in [1.165, 1.54) is 31.3 Å². The molecular formula is C34H42N6O6S4. The third-order valence-corrected chi connectivity index (χ3v) is 14.2. The standard InChI is InChI=1S/C34H42N6O6S4/c1-6-39(7-2)49(43,44)26-13-9-23(10-14-26)30-21-48-34(36-30)38-32(42)28-19-25(28)17-18-40(8-3)50(45,46)27-15-11-24(12-16-27)29-20-47-33(35-29)37-31(41)22(4)5/h9-16,20-22,25,28H,6-8,17-19H2,1-5H3,(H,35,37,41)(H,36,38,42). The first-order valence-electron chi connectivity index (χ1n) is 16.5. The molecule has 268 valence electrons. The maximum atomic E-state index is 13.5. The van der Waals surface area contributed by atoms with Crippen LogP contribution in [0.3, 0.4) is 0 Å². The number of benzene rings is 2. The average Bonchev–Trinajstić information content (AvgIpc) is 3.47. The van der Waals surface area contributed by atoms with Crippen molar-refractivity contribution in [2.75, 3.05) is 36.8 Å². The second kappa shape index (κ2) is 15.8. The molecule has 2 amide bonds. The number of hydrogen-bond acceptors (Lipinski definition) is 10. The van der Waals surface area contributed by atoms with Gasteiger partial charge < -0.3 is 10.6 Å². The lowest BCUT2D eigenvalue weighted by atomic mass is 10.2. The summed E-state index contributed by atoms with van der Waals surface area (Å²) in [5.41, 5.74) is 2.76. The first kappa shape index (κ1) is 37.7. The number of carbonyl (C=O) groups excluding carboxylic acids is 2. The fourth-order valence-electron chi connectivity index (χ4n) is 5.48. The lowest BCUT2D eigenvalue weighted by Gasteiger charge is -2.20. The van der Waals surface area contributed by atoms with Crippen LogP contribution in [0, 0.1) is 17.8 Å². The maximum absolute atomic E-state index is 13.5. The largest absolute Gasteiger partial charge is 0.302 e. The smallest absolute Gasteiger partial charge is 0.243 e. The van der Waals surface area contributed by atoms with E-state index in [1.807, 2.05) is 10.8 Å². The summed E-state index contributed by atoms with van der Waals surface area (Å²) in [5.74, 6) is -0.588. The van der Waals surface area contributed by atoms with Crippen LogP contribution in [0.5, 0.6) is 0 Å². The van der Waals surface area contributed by atoms with Crippen LogP contribution in [0.2, 0.25) is 0 Å². The first-order chi connectivity index (χ1) is 23.8. The van der Waals surface area contributed by atoms with Crippen molar-refractivity contribution in [2.45, 2.75) is 57.3 Å². The van der Waals surface area contributed by atoms with Crippen molar-refractivity contribution >= 4 is 64.8 Å². The van der Waals surface area contributed by atoms with Gasteiger partial charge in [-0.25, -0.2) is 26.8 Å². The minimum atomic E-state index is -3.75. The minimum absolute atomic E-state index is 0.0661. The molecule has 0 spiro atoms. The number of rotatable bonds is 16. The Labute approximate surface area is 302 Å². The number of hydrogen-bond donors (Lipinski definition) is 2. The fraction of sp³-hybridized carbons (Fsp3) is 0.412. The summed E-state index contributed by atoms with van der Waals surface area (Å²) in [7, 11) is -7.31. The monoisotopic (exact) mass is 758 g/mol. The Morgan fingerprint density at radius 2 is 1.22 bits per heavy atom. The molecule has 0 saturated heterocycles. The van der Waals surface area contributed by atoms with Crippen LogP contribution >= 0.6 is 22.7 Å². The van der Waals surface area contributed by atoms with Crippen molar-refractivity contribution in [1.82, 2.24) is 18.6 Å². The van der Waals surface area contributed by atoms with E-state index in [2.05, 4.69) is 20.6 Å². The van der Waals surface area contributed by atoms with Crippen molar-refractivity contribution in [3.8, 4) is 22.5 Å². The van der Waals surface area contributed by atoms with Crippen LogP contribution in [-0.2, 0) is 29.6 Å². The highest BCUT2D eigenvalue weighted by Gasteiger charge is 2.43. The van der Waals surface area contributed by atoms with Gasteiger partial charge in [-0.2, -0.15) is 8.61 Å². The van der Waals surface area contributed by atoms with Gasteiger partial charge in [0.25, 0.3) is 0 Å².